The fourth-order valence-electron chi connectivity index (χ4n) is 2.43. The molecule has 154 valence electrons. The normalized spacial score (nSPS) is 12.0. The molecule has 0 spiro atoms. The molecule has 0 bridgehead atoms. The topological polar surface area (TPSA) is 53.9 Å². The van der Waals surface area contributed by atoms with Gasteiger partial charge in [0.05, 0.1) is 6.54 Å². The van der Waals surface area contributed by atoms with Gasteiger partial charge in [-0.1, -0.05) is 30.3 Å². The van der Waals surface area contributed by atoms with Crippen LogP contribution in [0.1, 0.15) is 5.56 Å². The Hall–Kier alpha value is -1.68. The molecular weight excluding hydrogens is 492 g/mol. The summed E-state index contributed by atoms with van der Waals surface area (Å²) in [5.41, 5.74) is 1.08. The van der Waals surface area contributed by atoms with Crippen LogP contribution in [0.15, 0.2) is 59.6 Å². The maximum atomic E-state index is 12.9. The number of hydrogen-bond acceptors (Lipinski definition) is 3. The Morgan fingerprint density at radius 3 is 2.50 bits per heavy atom. The number of hydrogen-bond donors (Lipinski definition) is 1. The van der Waals surface area contributed by atoms with Crippen molar-refractivity contribution in [3.8, 4) is 5.75 Å². The van der Waals surface area contributed by atoms with Crippen molar-refractivity contribution >= 4 is 40.7 Å². The molecule has 1 N–H and O–H groups in total. The summed E-state index contributed by atoms with van der Waals surface area (Å²) in [5.74, 6) is 2.17. The molecule has 1 unspecified atom stereocenters. The number of halogens is 2. The van der Waals surface area contributed by atoms with Gasteiger partial charge in [0.15, 0.2) is 5.96 Å². The van der Waals surface area contributed by atoms with Crippen LogP contribution in [0, 0.1) is 5.82 Å². The summed E-state index contributed by atoms with van der Waals surface area (Å²) in [7, 11) is 2.69. The number of rotatable bonds is 9. The van der Waals surface area contributed by atoms with Crippen molar-refractivity contribution in [3.63, 3.8) is 0 Å². The minimum atomic E-state index is -0.926. The molecule has 2 aromatic carbocycles. The lowest BCUT2D eigenvalue weighted by Gasteiger charge is -2.22. The van der Waals surface area contributed by atoms with Crippen LogP contribution in [0.4, 0.5) is 4.39 Å². The summed E-state index contributed by atoms with van der Waals surface area (Å²) in [6.07, 6.45) is 0. The summed E-state index contributed by atoms with van der Waals surface area (Å²) in [6, 6.07) is 15.8. The number of guanidine groups is 1. The first-order valence-corrected chi connectivity index (χ1v) is 10.3. The van der Waals surface area contributed by atoms with Crippen molar-refractivity contribution in [2.45, 2.75) is 5.75 Å². The predicted molar refractivity (Wildman–Crippen MR) is 124 cm³/mol. The lowest BCUT2D eigenvalue weighted by atomic mass is 10.2. The van der Waals surface area contributed by atoms with Crippen molar-refractivity contribution in [2.24, 2.45) is 4.99 Å². The molecule has 0 saturated carbocycles. The number of likely N-dealkylation sites (N-methyl/N-ethyl adjacent to an activating group) is 1. The minimum Gasteiger partial charge on any atom is -0.492 e. The molecule has 0 amide bonds. The maximum Gasteiger partial charge on any atom is 0.193 e. The van der Waals surface area contributed by atoms with Gasteiger partial charge in [-0.25, -0.2) is 4.39 Å². The molecule has 0 heterocycles. The molecule has 2 rings (SSSR count). The van der Waals surface area contributed by atoms with Gasteiger partial charge in [-0.2, -0.15) is 0 Å². The highest BCUT2D eigenvalue weighted by molar-refractivity contribution is 14.0. The Morgan fingerprint density at radius 1 is 1.18 bits per heavy atom. The zero-order valence-corrected chi connectivity index (χ0v) is 19.3. The lowest BCUT2D eigenvalue weighted by Crippen LogP contribution is -2.42. The van der Waals surface area contributed by atoms with Crippen LogP contribution < -0.4 is 10.1 Å². The third-order valence-corrected chi connectivity index (χ3v) is 5.18. The Kier molecular flexibility index (Phi) is 11.7. The fraction of sp³-hybridized carbons (Fsp3) is 0.350. The van der Waals surface area contributed by atoms with Crippen LogP contribution in [0.5, 0.6) is 5.75 Å². The Morgan fingerprint density at radius 2 is 1.86 bits per heavy atom. The van der Waals surface area contributed by atoms with Crippen LogP contribution in [0.2, 0.25) is 0 Å². The monoisotopic (exact) mass is 519 g/mol. The van der Waals surface area contributed by atoms with Crippen LogP contribution in [0.25, 0.3) is 0 Å². The van der Waals surface area contributed by atoms with Crippen LogP contribution in [-0.2, 0) is 16.6 Å². The van der Waals surface area contributed by atoms with E-state index in [9.17, 15) is 8.60 Å². The molecule has 0 aliphatic carbocycles. The Bertz CT molecular complexity index is 745. The van der Waals surface area contributed by atoms with Crippen molar-refractivity contribution in [1.29, 1.82) is 0 Å². The first-order valence-electron chi connectivity index (χ1n) is 8.77. The van der Waals surface area contributed by atoms with E-state index in [1.54, 1.807) is 19.2 Å². The first-order chi connectivity index (χ1) is 13.1. The second-order valence-corrected chi connectivity index (χ2v) is 7.55. The average molecular weight is 519 g/mol. The fourth-order valence-corrected chi connectivity index (χ4v) is 3.47. The molecule has 0 saturated heterocycles. The maximum absolute atomic E-state index is 12.9. The highest BCUT2D eigenvalue weighted by Gasteiger charge is 2.07. The molecule has 5 nitrogen and oxygen atoms in total. The first kappa shape index (κ1) is 24.4. The Labute approximate surface area is 185 Å². The van der Waals surface area contributed by atoms with Gasteiger partial charge in [0.2, 0.25) is 0 Å². The van der Waals surface area contributed by atoms with Crippen molar-refractivity contribution < 1.29 is 13.3 Å². The van der Waals surface area contributed by atoms with Crippen LogP contribution in [-0.4, -0.2) is 54.6 Å². The van der Waals surface area contributed by atoms with Gasteiger partial charge in [0, 0.05) is 42.9 Å². The van der Waals surface area contributed by atoms with Gasteiger partial charge in [0.25, 0.3) is 0 Å². The van der Waals surface area contributed by atoms with E-state index in [0.29, 0.717) is 37.0 Å². The van der Waals surface area contributed by atoms with Crippen molar-refractivity contribution in [2.75, 3.05) is 39.5 Å². The van der Waals surface area contributed by atoms with Crippen LogP contribution in [0.3, 0.4) is 0 Å². The summed E-state index contributed by atoms with van der Waals surface area (Å²) < 4.78 is 30.6. The molecular formula is C20H27FIN3O2S. The average Bonchev–Trinajstić information content (AvgIpc) is 2.67. The Balaban J connectivity index is 0.00000392. The van der Waals surface area contributed by atoms with Gasteiger partial charge >= 0.3 is 0 Å². The minimum absolute atomic E-state index is 0. The lowest BCUT2D eigenvalue weighted by molar-refractivity contribution is 0.281. The van der Waals surface area contributed by atoms with Crippen molar-refractivity contribution in [1.82, 2.24) is 10.2 Å². The predicted octanol–water partition coefficient (Wildman–Crippen LogP) is 3.28. The van der Waals surface area contributed by atoms with Gasteiger partial charge in [-0.15, -0.1) is 24.0 Å². The summed E-state index contributed by atoms with van der Waals surface area (Å²) in [6.45, 7) is 1.64. The van der Waals surface area contributed by atoms with Gasteiger partial charge in [-0.05, 0) is 29.8 Å². The van der Waals surface area contributed by atoms with E-state index in [1.807, 2.05) is 42.3 Å². The SMILES string of the molecule is CN=C(NCCS(=O)Cc1ccccc1)N(C)CCOc1ccc(F)cc1.I. The molecule has 0 fully saturated rings. The van der Waals surface area contributed by atoms with E-state index in [-0.39, 0.29) is 29.8 Å². The zero-order valence-electron chi connectivity index (χ0n) is 16.1. The van der Waals surface area contributed by atoms with E-state index in [2.05, 4.69) is 10.3 Å². The number of nitrogens with zero attached hydrogens (tertiary/aromatic N) is 2. The standard InChI is InChI=1S/C20H26FN3O2S.HI/c1-22-20(23-12-15-27(25)16-17-6-4-3-5-7-17)24(2)13-14-26-19-10-8-18(21)9-11-19;/h3-11H,12-16H2,1-2H3,(H,22,23);1H. The number of aliphatic imine (C=N–C) groups is 1. The van der Waals surface area contributed by atoms with Gasteiger partial charge < -0.3 is 15.0 Å². The molecule has 0 aliphatic heterocycles. The largest absolute Gasteiger partial charge is 0.492 e. The summed E-state index contributed by atoms with van der Waals surface area (Å²) >= 11 is 0. The van der Waals surface area contributed by atoms with E-state index < -0.39 is 10.8 Å². The number of benzene rings is 2. The highest BCUT2D eigenvalue weighted by atomic mass is 127. The molecule has 28 heavy (non-hydrogen) atoms. The highest BCUT2D eigenvalue weighted by Crippen LogP contribution is 2.10. The third-order valence-electron chi connectivity index (χ3n) is 3.87. The molecule has 2 aromatic rings. The van der Waals surface area contributed by atoms with E-state index in [1.165, 1.54) is 12.1 Å². The molecule has 1 atom stereocenters. The van der Waals surface area contributed by atoms with E-state index >= 15 is 0 Å². The van der Waals surface area contributed by atoms with E-state index in [4.69, 9.17) is 4.74 Å². The van der Waals surface area contributed by atoms with Crippen LogP contribution >= 0.6 is 24.0 Å². The number of nitrogens with one attached hydrogen (secondary N) is 1. The van der Waals surface area contributed by atoms with Crippen molar-refractivity contribution in [3.05, 3.63) is 66.0 Å². The second-order valence-electron chi connectivity index (χ2n) is 5.97. The smallest absolute Gasteiger partial charge is 0.193 e. The quantitative estimate of drug-likeness (QED) is 0.314. The second kappa shape index (κ2) is 13.5. The molecule has 8 heteroatoms. The van der Waals surface area contributed by atoms with Gasteiger partial charge in [0.1, 0.15) is 18.2 Å². The number of ether oxygens (including phenoxy) is 1. The molecule has 0 aromatic heterocycles. The summed E-state index contributed by atoms with van der Waals surface area (Å²) in [4.78, 5) is 6.17. The summed E-state index contributed by atoms with van der Waals surface area (Å²) in [5, 5.41) is 3.22. The zero-order chi connectivity index (χ0) is 19.5. The molecule has 0 aliphatic rings. The molecule has 0 radical (unpaired) electrons. The third kappa shape index (κ3) is 9.01. The van der Waals surface area contributed by atoms with Gasteiger partial charge in [-0.3, -0.25) is 9.20 Å². The van der Waals surface area contributed by atoms with E-state index in [0.717, 1.165) is 11.5 Å².